The van der Waals surface area contributed by atoms with E-state index in [1.54, 1.807) is 5.51 Å². The van der Waals surface area contributed by atoms with Crippen molar-refractivity contribution in [2.24, 2.45) is 0 Å². The maximum absolute atomic E-state index is 12.0. The van der Waals surface area contributed by atoms with Crippen molar-refractivity contribution in [3.05, 3.63) is 76.8 Å². The van der Waals surface area contributed by atoms with Crippen LogP contribution in [0.3, 0.4) is 0 Å². The summed E-state index contributed by atoms with van der Waals surface area (Å²) in [5, 5.41) is 10.6. The molecule has 1 N–H and O–H groups in total. The molecule has 0 bridgehead atoms. The fourth-order valence-electron chi connectivity index (χ4n) is 2.32. The standard InChI is InChI=1S/C19H19N3O2S2/c23-18(13-25-19-22-21-14-26-19)20-10-16-8-4-5-9-17(16)12-24-11-15-6-2-1-3-7-15/h1-9,14H,10-13H2,(H,20,23). The Morgan fingerprint density at radius 3 is 2.58 bits per heavy atom. The molecule has 0 atom stereocenters. The number of nitrogens with zero attached hydrogens (tertiary/aromatic N) is 2. The Morgan fingerprint density at radius 2 is 1.81 bits per heavy atom. The summed E-state index contributed by atoms with van der Waals surface area (Å²) in [7, 11) is 0. The maximum Gasteiger partial charge on any atom is 0.230 e. The van der Waals surface area contributed by atoms with Gasteiger partial charge >= 0.3 is 0 Å². The number of thioether (sulfide) groups is 1. The third-order valence-corrected chi connectivity index (χ3v) is 5.49. The minimum atomic E-state index is -0.0230. The number of hydrogen-bond acceptors (Lipinski definition) is 6. The third-order valence-electron chi connectivity index (χ3n) is 3.63. The lowest BCUT2D eigenvalue weighted by Gasteiger charge is -2.11. The van der Waals surface area contributed by atoms with E-state index in [2.05, 4.69) is 15.5 Å². The normalized spacial score (nSPS) is 10.6. The molecule has 3 rings (SSSR count). The minimum Gasteiger partial charge on any atom is -0.372 e. The van der Waals surface area contributed by atoms with Crippen molar-refractivity contribution in [2.75, 3.05) is 5.75 Å². The van der Waals surface area contributed by atoms with E-state index in [0.29, 0.717) is 25.5 Å². The molecule has 0 radical (unpaired) electrons. The van der Waals surface area contributed by atoms with Crippen LogP contribution < -0.4 is 5.32 Å². The maximum atomic E-state index is 12.0. The van der Waals surface area contributed by atoms with E-state index >= 15 is 0 Å². The van der Waals surface area contributed by atoms with Gasteiger partial charge in [0.2, 0.25) is 5.91 Å². The second-order valence-electron chi connectivity index (χ2n) is 5.52. The van der Waals surface area contributed by atoms with Gasteiger partial charge in [-0.15, -0.1) is 10.2 Å². The second kappa shape index (κ2) is 10.1. The molecular weight excluding hydrogens is 366 g/mol. The molecule has 0 saturated heterocycles. The Kier molecular flexibility index (Phi) is 7.18. The van der Waals surface area contributed by atoms with Crippen LogP contribution in [0, 0.1) is 0 Å². The molecule has 1 aromatic heterocycles. The van der Waals surface area contributed by atoms with Crippen LogP contribution in [0.4, 0.5) is 0 Å². The molecule has 7 heteroatoms. The number of ether oxygens (including phenoxy) is 1. The predicted octanol–water partition coefficient (Wildman–Crippen LogP) is 3.66. The van der Waals surface area contributed by atoms with Crippen LogP contribution in [0.15, 0.2) is 64.4 Å². The Labute approximate surface area is 160 Å². The molecule has 0 aliphatic rings. The fraction of sp³-hybridized carbons (Fsp3) is 0.211. The van der Waals surface area contributed by atoms with Crippen LogP contribution in [0.2, 0.25) is 0 Å². The van der Waals surface area contributed by atoms with Crippen molar-refractivity contribution in [2.45, 2.75) is 24.1 Å². The molecule has 3 aromatic rings. The van der Waals surface area contributed by atoms with E-state index < -0.39 is 0 Å². The van der Waals surface area contributed by atoms with E-state index in [0.717, 1.165) is 21.0 Å². The number of benzene rings is 2. The van der Waals surface area contributed by atoms with E-state index in [1.807, 2.05) is 54.6 Å². The Morgan fingerprint density at radius 1 is 1.04 bits per heavy atom. The first-order valence-electron chi connectivity index (χ1n) is 8.15. The van der Waals surface area contributed by atoms with E-state index in [1.165, 1.54) is 23.1 Å². The number of amides is 1. The van der Waals surface area contributed by atoms with Crippen LogP contribution in [0.1, 0.15) is 16.7 Å². The summed E-state index contributed by atoms with van der Waals surface area (Å²) in [5.41, 5.74) is 4.95. The average molecular weight is 386 g/mol. The van der Waals surface area contributed by atoms with Crippen molar-refractivity contribution in [1.82, 2.24) is 15.5 Å². The van der Waals surface area contributed by atoms with Gasteiger partial charge in [0.15, 0.2) is 4.34 Å². The number of carbonyl (C=O) groups excluding carboxylic acids is 1. The van der Waals surface area contributed by atoms with Crippen LogP contribution in [0.25, 0.3) is 0 Å². The number of nitrogens with one attached hydrogen (secondary N) is 1. The SMILES string of the molecule is O=C(CSc1nncs1)NCc1ccccc1COCc1ccccc1. The minimum absolute atomic E-state index is 0.0230. The number of carbonyl (C=O) groups is 1. The summed E-state index contributed by atoms with van der Waals surface area (Å²) in [4.78, 5) is 12.0. The van der Waals surface area contributed by atoms with E-state index in [9.17, 15) is 4.79 Å². The van der Waals surface area contributed by atoms with Crippen molar-refractivity contribution in [3.8, 4) is 0 Å². The van der Waals surface area contributed by atoms with Crippen LogP contribution in [-0.2, 0) is 29.3 Å². The lowest BCUT2D eigenvalue weighted by atomic mass is 10.1. The molecule has 1 amide bonds. The summed E-state index contributed by atoms with van der Waals surface area (Å²) in [6, 6.07) is 18.1. The molecule has 1 heterocycles. The molecule has 26 heavy (non-hydrogen) atoms. The highest BCUT2D eigenvalue weighted by molar-refractivity contribution is 8.01. The largest absolute Gasteiger partial charge is 0.372 e. The van der Waals surface area contributed by atoms with Gasteiger partial charge < -0.3 is 10.1 Å². The van der Waals surface area contributed by atoms with Gasteiger partial charge in [-0.1, -0.05) is 77.7 Å². The molecular formula is C19H19N3O2S2. The van der Waals surface area contributed by atoms with Crippen molar-refractivity contribution in [1.29, 1.82) is 0 Å². The third kappa shape index (κ3) is 5.94. The lowest BCUT2D eigenvalue weighted by Crippen LogP contribution is -2.25. The molecule has 5 nitrogen and oxygen atoms in total. The smallest absolute Gasteiger partial charge is 0.230 e. The van der Waals surface area contributed by atoms with Crippen molar-refractivity contribution >= 4 is 29.0 Å². The van der Waals surface area contributed by atoms with Gasteiger partial charge in [-0.2, -0.15) is 0 Å². The first-order chi connectivity index (χ1) is 12.8. The van der Waals surface area contributed by atoms with Crippen molar-refractivity contribution < 1.29 is 9.53 Å². The lowest BCUT2D eigenvalue weighted by molar-refractivity contribution is -0.118. The van der Waals surface area contributed by atoms with Crippen LogP contribution >= 0.6 is 23.1 Å². The predicted molar refractivity (Wildman–Crippen MR) is 104 cm³/mol. The van der Waals surface area contributed by atoms with Gasteiger partial charge in [-0.3, -0.25) is 4.79 Å². The summed E-state index contributed by atoms with van der Waals surface area (Å²) >= 11 is 2.83. The molecule has 2 aromatic carbocycles. The number of hydrogen-bond donors (Lipinski definition) is 1. The van der Waals surface area contributed by atoms with E-state index in [4.69, 9.17) is 4.74 Å². The molecule has 0 saturated carbocycles. The molecule has 0 aliphatic carbocycles. The van der Waals surface area contributed by atoms with Gasteiger partial charge in [0.25, 0.3) is 0 Å². The highest BCUT2D eigenvalue weighted by Gasteiger charge is 2.07. The van der Waals surface area contributed by atoms with Gasteiger partial charge in [-0.05, 0) is 16.7 Å². The van der Waals surface area contributed by atoms with Gasteiger partial charge in [0, 0.05) is 6.54 Å². The zero-order chi connectivity index (χ0) is 18.0. The molecule has 0 unspecified atom stereocenters. The summed E-state index contributed by atoms with van der Waals surface area (Å²) in [5.74, 6) is 0.312. The summed E-state index contributed by atoms with van der Waals surface area (Å²) in [6.07, 6.45) is 0. The van der Waals surface area contributed by atoms with Gasteiger partial charge in [-0.25, -0.2) is 0 Å². The zero-order valence-corrected chi connectivity index (χ0v) is 15.8. The molecule has 134 valence electrons. The highest BCUT2D eigenvalue weighted by Crippen LogP contribution is 2.18. The average Bonchev–Trinajstić information content (AvgIpc) is 3.20. The summed E-state index contributed by atoms with van der Waals surface area (Å²) < 4.78 is 6.62. The first-order valence-corrected chi connectivity index (χ1v) is 10.0. The Bertz CT molecular complexity index is 811. The van der Waals surface area contributed by atoms with Gasteiger partial charge in [0.1, 0.15) is 5.51 Å². The molecule has 0 spiro atoms. The quantitative estimate of drug-likeness (QED) is 0.570. The van der Waals surface area contributed by atoms with E-state index in [-0.39, 0.29) is 5.91 Å². The fourth-order valence-corrected chi connectivity index (χ4v) is 3.64. The molecule has 0 aliphatic heterocycles. The topological polar surface area (TPSA) is 64.1 Å². The second-order valence-corrected chi connectivity index (χ2v) is 7.57. The zero-order valence-electron chi connectivity index (χ0n) is 14.1. The van der Waals surface area contributed by atoms with Crippen LogP contribution in [0.5, 0.6) is 0 Å². The monoisotopic (exact) mass is 385 g/mol. The highest BCUT2D eigenvalue weighted by atomic mass is 32.2. The number of rotatable bonds is 9. The first kappa shape index (κ1) is 18.6. The summed E-state index contributed by atoms with van der Waals surface area (Å²) in [6.45, 7) is 1.57. The Hall–Kier alpha value is -2.22. The number of aromatic nitrogens is 2. The van der Waals surface area contributed by atoms with Crippen LogP contribution in [-0.4, -0.2) is 21.9 Å². The molecule has 0 fully saturated rings. The van der Waals surface area contributed by atoms with Crippen molar-refractivity contribution in [3.63, 3.8) is 0 Å². The Balaban J connectivity index is 1.46. The van der Waals surface area contributed by atoms with Gasteiger partial charge in [0.05, 0.1) is 19.0 Å².